The van der Waals surface area contributed by atoms with Gasteiger partial charge in [-0.1, -0.05) is 34.2 Å². The molecule has 4 N–H and O–H groups in total. The van der Waals surface area contributed by atoms with Crippen LogP contribution in [0.25, 0.3) is 11.2 Å². The number of ether oxygens (including phenoxy) is 2. The van der Waals surface area contributed by atoms with E-state index >= 15 is 0 Å². The van der Waals surface area contributed by atoms with Gasteiger partial charge in [0.15, 0.2) is 5.52 Å². The second-order valence-corrected chi connectivity index (χ2v) is 8.34. The second kappa shape index (κ2) is 7.75. The van der Waals surface area contributed by atoms with Crippen LogP contribution < -0.4 is 19.8 Å². The molecule has 0 amide bonds. The van der Waals surface area contributed by atoms with Crippen molar-refractivity contribution >= 4 is 28.7 Å². The Morgan fingerprint density at radius 3 is 2.81 bits per heavy atom. The van der Waals surface area contributed by atoms with Crippen molar-refractivity contribution in [2.75, 3.05) is 20.0 Å². The molecule has 0 radical (unpaired) electrons. The highest BCUT2D eigenvalue weighted by molar-refractivity contribution is 7.99. The molecule has 1 aliphatic carbocycles. The topological polar surface area (TPSA) is 110 Å². The summed E-state index contributed by atoms with van der Waals surface area (Å²) in [4.78, 5) is 13.2. The zero-order valence-corrected chi connectivity index (χ0v) is 17.9. The molecule has 2 atom stereocenters. The largest absolute Gasteiger partial charge is 0.497 e. The molecular formula is C22H22N5O3S+. The molecule has 1 aliphatic rings. The number of methoxy groups -OCH3 is 2. The van der Waals surface area contributed by atoms with Crippen molar-refractivity contribution < 1.29 is 19.1 Å². The molecule has 2 unspecified atom stereocenters. The molecular weight excluding hydrogens is 414 g/mol. The van der Waals surface area contributed by atoms with E-state index in [2.05, 4.69) is 9.97 Å². The van der Waals surface area contributed by atoms with Gasteiger partial charge in [0.1, 0.15) is 23.6 Å². The fourth-order valence-corrected chi connectivity index (χ4v) is 4.93. The van der Waals surface area contributed by atoms with E-state index in [1.807, 2.05) is 47.0 Å². The number of imidazole rings is 1. The van der Waals surface area contributed by atoms with Gasteiger partial charge < -0.3 is 25.3 Å². The van der Waals surface area contributed by atoms with Crippen LogP contribution in [0.15, 0.2) is 58.8 Å². The highest BCUT2D eigenvalue weighted by Gasteiger charge is 2.36. The number of hydrogen-bond acceptors (Lipinski definition) is 7. The number of anilines is 1. The van der Waals surface area contributed by atoms with Crippen LogP contribution in [0.5, 0.6) is 11.5 Å². The summed E-state index contributed by atoms with van der Waals surface area (Å²) < 4.78 is 12.7. The van der Waals surface area contributed by atoms with Gasteiger partial charge in [-0.3, -0.25) is 0 Å². The van der Waals surface area contributed by atoms with E-state index < -0.39 is 6.10 Å². The number of rotatable bonds is 5. The fraction of sp³-hybridized carbons (Fsp3) is 0.227. The van der Waals surface area contributed by atoms with Crippen molar-refractivity contribution in [1.82, 2.24) is 15.0 Å². The van der Waals surface area contributed by atoms with Gasteiger partial charge >= 0.3 is 0 Å². The van der Waals surface area contributed by atoms with Gasteiger partial charge in [-0.05, 0) is 41.1 Å². The number of nitrogen functional groups attached to an aromatic ring is 1. The van der Waals surface area contributed by atoms with Gasteiger partial charge in [0.05, 0.1) is 19.1 Å². The molecule has 2 aromatic heterocycles. The molecule has 2 aromatic carbocycles. The number of aliphatic hydroxyl groups excluding tert-OH is 1. The van der Waals surface area contributed by atoms with Crippen LogP contribution in [-0.4, -0.2) is 34.3 Å². The number of nitrogens with one attached hydrogen (secondary N) is 1. The molecule has 31 heavy (non-hydrogen) atoms. The van der Waals surface area contributed by atoms with Gasteiger partial charge in [0, 0.05) is 6.42 Å². The lowest BCUT2D eigenvalue weighted by Gasteiger charge is -2.14. The Morgan fingerprint density at radius 1 is 1.19 bits per heavy atom. The molecule has 0 bridgehead atoms. The van der Waals surface area contributed by atoms with Crippen LogP contribution in [0.2, 0.25) is 0 Å². The summed E-state index contributed by atoms with van der Waals surface area (Å²) in [7, 11) is 3.25. The van der Waals surface area contributed by atoms with Crippen molar-refractivity contribution in [2.45, 2.75) is 28.6 Å². The van der Waals surface area contributed by atoms with Crippen LogP contribution in [0.1, 0.15) is 23.3 Å². The zero-order chi connectivity index (χ0) is 21.5. The molecule has 5 rings (SSSR count). The third-order valence-electron chi connectivity index (χ3n) is 5.59. The minimum atomic E-state index is -0.638. The van der Waals surface area contributed by atoms with Gasteiger partial charge in [0.2, 0.25) is 17.3 Å². The quantitative estimate of drug-likeness (QED) is 0.413. The van der Waals surface area contributed by atoms with E-state index in [-0.39, 0.29) is 6.04 Å². The maximum absolute atomic E-state index is 10.9. The number of fused-ring (bicyclic) bond motifs is 2. The van der Waals surface area contributed by atoms with E-state index in [9.17, 15) is 5.11 Å². The standard InChI is InChI=1S/C22H21N5O3S/c1-29-13-7-8-16(30-2)17(10-13)31-22-25-18-20(23)24-11-27(21(18)26-22)15-9-12-5-3-4-6-14(12)19(15)28/h3-8,10-11,15,19,28H,9H2,1-2H3,(H2,23,25,26)/p+1. The number of nitrogens with two attached hydrogens (primary N) is 1. The predicted molar refractivity (Wildman–Crippen MR) is 116 cm³/mol. The fourth-order valence-electron chi connectivity index (χ4n) is 4.01. The number of benzene rings is 2. The maximum Gasteiger partial charge on any atom is 0.295 e. The Morgan fingerprint density at radius 2 is 2.03 bits per heavy atom. The predicted octanol–water partition coefficient (Wildman–Crippen LogP) is 2.83. The monoisotopic (exact) mass is 436 g/mol. The number of aromatic amines is 1. The highest BCUT2D eigenvalue weighted by atomic mass is 32.2. The van der Waals surface area contributed by atoms with Gasteiger partial charge in [-0.15, -0.1) is 0 Å². The van der Waals surface area contributed by atoms with E-state index in [1.165, 1.54) is 11.8 Å². The minimum Gasteiger partial charge on any atom is -0.497 e. The Labute approximate surface area is 183 Å². The Balaban J connectivity index is 1.55. The number of nitrogens with zero attached hydrogens (tertiary/aromatic N) is 3. The van der Waals surface area contributed by atoms with E-state index in [1.54, 1.807) is 20.5 Å². The molecule has 0 fully saturated rings. The van der Waals surface area contributed by atoms with Crippen molar-refractivity contribution in [3.63, 3.8) is 0 Å². The number of H-pyrrole nitrogens is 1. The van der Waals surface area contributed by atoms with Crippen LogP contribution in [-0.2, 0) is 6.42 Å². The SMILES string of the molecule is COc1ccc(OC)c(Sc2nc3c([nH]2)c(N)nc[n+]3C2Cc3ccccc3C2O)c1. The molecule has 158 valence electrons. The third kappa shape index (κ3) is 3.35. The highest BCUT2D eigenvalue weighted by Crippen LogP contribution is 2.39. The average molecular weight is 437 g/mol. The van der Waals surface area contributed by atoms with Crippen molar-refractivity contribution in [3.8, 4) is 11.5 Å². The van der Waals surface area contributed by atoms with E-state index in [0.29, 0.717) is 34.3 Å². The summed E-state index contributed by atoms with van der Waals surface area (Å²) in [6, 6.07) is 13.3. The molecule has 8 nitrogen and oxygen atoms in total. The summed E-state index contributed by atoms with van der Waals surface area (Å²) in [6.45, 7) is 0. The lowest BCUT2D eigenvalue weighted by molar-refractivity contribution is -0.710. The lowest BCUT2D eigenvalue weighted by atomic mass is 10.1. The zero-order valence-electron chi connectivity index (χ0n) is 17.1. The van der Waals surface area contributed by atoms with E-state index in [4.69, 9.17) is 20.2 Å². The van der Waals surface area contributed by atoms with Crippen LogP contribution >= 0.6 is 11.8 Å². The van der Waals surface area contributed by atoms with Crippen molar-refractivity contribution in [1.29, 1.82) is 0 Å². The number of aromatic nitrogens is 4. The van der Waals surface area contributed by atoms with Gasteiger partial charge in [-0.25, -0.2) is 4.57 Å². The summed E-state index contributed by atoms with van der Waals surface area (Å²) in [5.41, 5.74) is 9.49. The first-order valence-electron chi connectivity index (χ1n) is 9.80. The van der Waals surface area contributed by atoms with Gasteiger partial charge in [-0.2, -0.15) is 0 Å². The lowest BCUT2D eigenvalue weighted by Crippen LogP contribution is -2.43. The first kappa shape index (κ1) is 19.7. The van der Waals surface area contributed by atoms with Crippen LogP contribution in [0.4, 0.5) is 5.82 Å². The molecule has 0 saturated carbocycles. The Kier molecular flexibility index (Phi) is 4.91. The number of aliphatic hydroxyl groups is 1. The molecule has 2 heterocycles. The Hall–Kier alpha value is -3.30. The van der Waals surface area contributed by atoms with Crippen LogP contribution in [0.3, 0.4) is 0 Å². The molecule has 0 saturated heterocycles. The molecule has 0 spiro atoms. The number of hydrogen-bond donors (Lipinski definition) is 3. The first-order valence-corrected chi connectivity index (χ1v) is 10.6. The van der Waals surface area contributed by atoms with Crippen LogP contribution in [0, 0.1) is 0 Å². The summed E-state index contributed by atoms with van der Waals surface area (Å²) in [6.07, 6.45) is 1.71. The summed E-state index contributed by atoms with van der Waals surface area (Å²) in [5.74, 6) is 1.79. The summed E-state index contributed by atoms with van der Waals surface area (Å²) in [5, 5.41) is 11.6. The molecule has 9 heteroatoms. The first-order chi connectivity index (χ1) is 15.1. The summed E-state index contributed by atoms with van der Waals surface area (Å²) >= 11 is 1.41. The molecule has 0 aliphatic heterocycles. The minimum absolute atomic E-state index is 0.208. The van der Waals surface area contributed by atoms with E-state index in [0.717, 1.165) is 21.8 Å². The van der Waals surface area contributed by atoms with Crippen molar-refractivity contribution in [3.05, 3.63) is 59.9 Å². The average Bonchev–Trinajstić information content (AvgIpc) is 3.36. The van der Waals surface area contributed by atoms with Gasteiger partial charge in [0.25, 0.3) is 5.65 Å². The smallest absolute Gasteiger partial charge is 0.295 e. The normalized spacial score (nSPS) is 17.6. The van der Waals surface area contributed by atoms with Crippen molar-refractivity contribution in [2.24, 2.45) is 0 Å². The molecule has 4 aromatic rings. The maximum atomic E-state index is 10.9. The Bertz CT molecular complexity index is 1280. The second-order valence-electron chi connectivity index (χ2n) is 7.31. The third-order valence-corrected chi connectivity index (χ3v) is 6.51.